The molecule has 2 rings (SSSR count). The molecule has 0 unspecified atom stereocenters. The maximum Gasteiger partial charge on any atom is 0.262 e. The smallest absolute Gasteiger partial charge is 0.262 e. The molecule has 0 aliphatic rings. The van der Waals surface area contributed by atoms with Crippen LogP contribution in [0.25, 0.3) is 0 Å². The van der Waals surface area contributed by atoms with Gasteiger partial charge in [-0.15, -0.1) is 0 Å². The third-order valence-corrected chi connectivity index (χ3v) is 4.32. The lowest BCUT2D eigenvalue weighted by Crippen LogP contribution is -2.20. The molecule has 23 heavy (non-hydrogen) atoms. The summed E-state index contributed by atoms with van der Waals surface area (Å²) in [5, 5.41) is 14.0. The number of thiocyanates is 1. The van der Waals surface area contributed by atoms with Crippen LogP contribution in [0.15, 0.2) is 45.8 Å². The van der Waals surface area contributed by atoms with E-state index in [1.165, 1.54) is 0 Å². The normalized spacial score (nSPS) is 10.0. The summed E-state index contributed by atoms with van der Waals surface area (Å²) in [4.78, 5) is 12.8. The molecule has 2 aromatic rings. The molecule has 0 saturated heterocycles. The number of ether oxygens (including phenoxy) is 1. The third-order valence-electron chi connectivity index (χ3n) is 2.89. The van der Waals surface area contributed by atoms with Crippen molar-refractivity contribution < 1.29 is 9.53 Å². The van der Waals surface area contributed by atoms with E-state index in [9.17, 15) is 4.79 Å². The van der Waals surface area contributed by atoms with Gasteiger partial charge >= 0.3 is 0 Å². The van der Waals surface area contributed by atoms with Crippen molar-refractivity contribution in [1.29, 1.82) is 5.26 Å². The Labute approximate surface area is 151 Å². The summed E-state index contributed by atoms with van der Waals surface area (Å²) in [6.45, 7) is 1.75. The summed E-state index contributed by atoms with van der Waals surface area (Å²) in [7, 11) is 0. The van der Waals surface area contributed by atoms with Gasteiger partial charge in [-0.05, 0) is 76.6 Å². The number of amides is 1. The second-order valence-corrected chi connectivity index (χ2v) is 6.73. The Morgan fingerprint density at radius 2 is 2.17 bits per heavy atom. The fraction of sp³-hybridized carbons (Fsp3) is 0.125. The van der Waals surface area contributed by atoms with Gasteiger partial charge in [0.25, 0.3) is 5.91 Å². The Kier molecular flexibility index (Phi) is 6.34. The van der Waals surface area contributed by atoms with Crippen LogP contribution in [-0.4, -0.2) is 12.5 Å². The Bertz CT molecular complexity index is 777. The average molecular weight is 412 g/mol. The van der Waals surface area contributed by atoms with Gasteiger partial charge in [0, 0.05) is 15.6 Å². The van der Waals surface area contributed by atoms with Crippen LogP contribution >= 0.6 is 39.3 Å². The van der Waals surface area contributed by atoms with Gasteiger partial charge in [-0.25, -0.2) is 0 Å². The first-order chi connectivity index (χ1) is 11.0. The molecule has 0 bridgehead atoms. The molecule has 118 valence electrons. The zero-order chi connectivity index (χ0) is 16.8. The van der Waals surface area contributed by atoms with E-state index in [0.29, 0.717) is 20.9 Å². The summed E-state index contributed by atoms with van der Waals surface area (Å²) in [6, 6.07) is 10.5. The second kappa shape index (κ2) is 8.25. The molecule has 2 aromatic carbocycles. The molecule has 0 spiro atoms. The molecule has 0 atom stereocenters. The van der Waals surface area contributed by atoms with Crippen molar-refractivity contribution in [3.05, 3.63) is 51.5 Å². The number of aryl methyl sites for hydroxylation is 1. The largest absolute Gasteiger partial charge is 0.483 e. The monoisotopic (exact) mass is 410 g/mol. The summed E-state index contributed by atoms with van der Waals surface area (Å²) in [5.41, 5.74) is 1.57. The van der Waals surface area contributed by atoms with Crippen LogP contribution in [0.5, 0.6) is 5.75 Å². The van der Waals surface area contributed by atoms with Crippen LogP contribution in [0.1, 0.15) is 5.56 Å². The van der Waals surface area contributed by atoms with Crippen molar-refractivity contribution in [2.75, 3.05) is 11.9 Å². The van der Waals surface area contributed by atoms with E-state index < -0.39 is 0 Å². The molecule has 0 aliphatic carbocycles. The minimum Gasteiger partial charge on any atom is -0.483 e. The molecule has 1 N–H and O–H groups in total. The molecule has 4 nitrogen and oxygen atoms in total. The van der Waals surface area contributed by atoms with E-state index in [1.807, 2.05) is 18.4 Å². The van der Waals surface area contributed by atoms with Crippen molar-refractivity contribution in [3.63, 3.8) is 0 Å². The molecule has 0 aliphatic heterocycles. The molecule has 1 amide bonds. The maximum atomic E-state index is 12.0. The Morgan fingerprint density at radius 3 is 2.83 bits per heavy atom. The summed E-state index contributed by atoms with van der Waals surface area (Å²) in [5.74, 6) is 0.276. The number of hydrogen-bond donors (Lipinski definition) is 1. The molecule has 0 heterocycles. The summed E-state index contributed by atoms with van der Waals surface area (Å²) < 4.78 is 6.15. The number of anilines is 1. The average Bonchev–Trinajstić information content (AvgIpc) is 2.49. The van der Waals surface area contributed by atoms with E-state index in [4.69, 9.17) is 21.6 Å². The highest BCUT2D eigenvalue weighted by Crippen LogP contribution is 2.28. The maximum absolute atomic E-state index is 12.0. The van der Waals surface area contributed by atoms with E-state index in [0.717, 1.165) is 22.2 Å². The van der Waals surface area contributed by atoms with Gasteiger partial charge in [-0.1, -0.05) is 11.6 Å². The third kappa shape index (κ3) is 5.17. The van der Waals surface area contributed by atoms with Crippen molar-refractivity contribution in [2.45, 2.75) is 11.8 Å². The first-order valence-electron chi connectivity index (χ1n) is 6.54. The first-order valence-corrected chi connectivity index (χ1v) is 8.52. The van der Waals surface area contributed by atoms with Crippen LogP contribution in [0.4, 0.5) is 5.69 Å². The van der Waals surface area contributed by atoms with Crippen molar-refractivity contribution in [2.24, 2.45) is 0 Å². The summed E-state index contributed by atoms with van der Waals surface area (Å²) in [6.07, 6.45) is 0. The SMILES string of the molecule is Cc1cc(SC#N)ccc1NC(=O)COc1ccc(Cl)cc1Br. The predicted octanol–water partition coefficient (Wildman–Crippen LogP) is 5.00. The number of carbonyl (C=O) groups excluding carboxylic acids is 1. The highest BCUT2D eigenvalue weighted by molar-refractivity contribution is 9.10. The predicted molar refractivity (Wildman–Crippen MR) is 95.9 cm³/mol. The number of carbonyl (C=O) groups is 1. The van der Waals surface area contributed by atoms with Crippen LogP contribution in [0.3, 0.4) is 0 Å². The van der Waals surface area contributed by atoms with Gasteiger partial charge < -0.3 is 10.1 Å². The topological polar surface area (TPSA) is 62.1 Å². The number of thioether (sulfide) groups is 1. The minimum atomic E-state index is -0.268. The first kappa shape index (κ1) is 17.7. The number of nitrogens with one attached hydrogen (secondary N) is 1. The number of benzene rings is 2. The zero-order valence-electron chi connectivity index (χ0n) is 12.1. The van der Waals surface area contributed by atoms with Gasteiger partial charge in [0.1, 0.15) is 11.2 Å². The zero-order valence-corrected chi connectivity index (χ0v) is 15.3. The fourth-order valence-corrected chi connectivity index (χ4v) is 3.09. The Morgan fingerprint density at radius 1 is 1.39 bits per heavy atom. The minimum absolute atomic E-state index is 0.117. The lowest BCUT2D eigenvalue weighted by Gasteiger charge is -2.11. The molecule has 0 fully saturated rings. The Balaban J connectivity index is 1.96. The van der Waals surface area contributed by atoms with E-state index in [-0.39, 0.29) is 12.5 Å². The van der Waals surface area contributed by atoms with Gasteiger partial charge in [0.05, 0.1) is 4.47 Å². The molecule has 0 radical (unpaired) electrons. The van der Waals surface area contributed by atoms with E-state index in [1.54, 1.807) is 30.3 Å². The quantitative estimate of drug-likeness (QED) is 0.555. The van der Waals surface area contributed by atoms with Gasteiger partial charge in [0.15, 0.2) is 6.61 Å². The Hall–Kier alpha value is -1.68. The highest BCUT2D eigenvalue weighted by Gasteiger charge is 2.08. The van der Waals surface area contributed by atoms with Crippen LogP contribution in [0, 0.1) is 17.6 Å². The fourth-order valence-electron chi connectivity index (χ4n) is 1.81. The number of rotatable bonds is 5. The number of nitrogens with zero attached hydrogens (tertiary/aromatic N) is 1. The van der Waals surface area contributed by atoms with Crippen LogP contribution in [0.2, 0.25) is 5.02 Å². The molecule has 7 heteroatoms. The summed E-state index contributed by atoms with van der Waals surface area (Å²) >= 11 is 10.3. The van der Waals surface area contributed by atoms with Crippen LogP contribution in [-0.2, 0) is 4.79 Å². The van der Waals surface area contributed by atoms with E-state index >= 15 is 0 Å². The number of halogens is 2. The molecule has 0 saturated carbocycles. The van der Waals surface area contributed by atoms with Gasteiger partial charge in [-0.3, -0.25) is 4.79 Å². The highest BCUT2D eigenvalue weighted by atomic mass is 79.9. The van der Waals surface area contributed by atoms with Crippen molar-refractivity contribution in [1.82, 2.24) is 0 Å². The number of hydrogen-bond acceptors (Lipinski definition) is 4. The van der Waals surface area contributed by atoms with Crippen molar-refractivity contribution >= 4 is 50.9 Å². The number of nitriles is 1. The van der Waals surface area contributed by atoms with Crippen LogP contribution < -0.4 is 10.1 Å². The second-order valence-electron chi connectivity index (χ2n) is 4.58. The standard InChI is InChI=1S/C16H12BrClN2O2S/c1-10-6-12(23-9-19)3-4-14(10)20-16(21)8-22-15-5-2-11(18)7-13(15)17/h2-7H,8H2,1H3,(H,20,21). The van der Waals surface area contributed by atoms with Gasteiger partial charge in [-0.2, -0.15) is 5.26 Å². The molecular weight excluding hydrogens is 400 g/mol. The lowest BCUT2D eigenvalue weighted by atomic mass is 10.2. The van der Waals surface area contributed by atoms with Crippen molar-refractivity contribution in [3.8, 4) is 11.2 Å². The lowest BCUT2D eigenvalue weighted by molar-refractivity contribution is -0.118. The van der Waals surface area contributed by atoms with E-state index in [2.05, 4.69) is 21.2 Å². The van der Waals surface area contributed by atoms with Gasteiger partial charge in [0.2, 0.25) is 0 Å². The molecular formula is C16H12BrClN2O2S. The molecule has 0 aromatic heterocycles.